The highest BCUT2D eigenvalue weighted by atomic mass is 127. The lowest BCUT2D eigenvalue weighted by molar-refractivity contribution is 0.0907. The standard InChI is InChI=1S/C16H19IN2O/c17-14-8-6-13(7-9-14)15(20)19-16(12-18)10-4-2-1-3-5-11-16/h6-9H,1-5,10-11H2,(H,19,20). The van der Waals surface area contributed by atoms with Crippen molar-refractivity contribution in [2.45, 2.75) is 50.5 Å². The van der Waals surface area contributed by atoms with E-state index in [0.29, 0.717) is 5.56 Å². The van der Waals surface area contributed by atoms with Gasteiger partial charge in [0.05, 0.1) is 6.07 Å². The van der Waals surface area contributed by atoms with Crippen molar-refractivity contribution in [3.8, 4) is 6.07 Å². The third-order valence-electron chi connectivity index (χ3n) is 3.88. The molecule has 1 aromatic rings. The van der Waals surface area contributed by atoms with Crippen LogP contribution in [0.1, 0.15) is 55.3 Å². The molecular formula is C16H19IN2O. The van der Waals surface area contributed by atoms with Gasteiger partial charge in [-0.1, -0.05) is 32.1 Å². The van der Waals surface area contributed by atoms with E-state index < -0.39 is 5.54 Å². The minimum absolute atomic E-state index is 0.136. The summed E-state index contributed by atoms with van der Waals surface area (Å²) in [5, 5.41) is 12.5. The summed E-state index contributed by atoms with van der Waals surface area (Å²) in [7, 11) is 0. The van der Waals surface area contributed by atoms with Gasteiger partial charge in [0.2, 0.25) is 0 Å². The lowest BCUT2D eigenvalue weighted by Gasteiger charge is -2.29. The minimum atomic E-state index is -0.680. The van der Waals surface area contributed by atoms with Crippen LogP contribution in [-0.2, 0) is 0 Å². The molecule has 0 aromatic heterocycles. The highest BCUT2D eigenvalue weighted by Crippen LogP contribution is 2.26. The van der Waals surface area contributed by atoms with E-state index in [-0.39, 0.29) is 5.91 Å². The van der Waals surface area contributed by atoms with Crippen LogP contribution in [0.3, 0.4) is 0 Å². The zero-order chi connectivity index (χ0) is 14.4. The number of hydrogen-bond donors (Lipinski definition) is 1. The fourth-order valence-corrected chi connectivity index (χ4v) is 3.02. The molecule has 1 aromatic carbocycles. The number of rotatable bonds is 2. The van der Waals surface area contributed by atoms with Gasteiger partial charge in [0.1, 0.15) is 5.54 Å². The van der Waals surface area contributed by atoms with Gasteiger partial charge in [-0.05, 0) is 59.7 Å². The highest BCUT2D eigenvalue weighted by molar-refractivity contribution is 14.1. The first-order valence-electron chi connectivity index (χ1n) is 7.15. The van der Waals surface area contributed by atoms with E-state index in [1.165, 1.54) is 6.42 Å². The molecule has 0 saturated heterocycles. The number of nitriles is 1. The quantitative estimate of drug-likeness (QED) is 0.786. The fraction of sp³-hybridized carbons (Fsp3) is 0.500. The van der Waals surface area contributed by atoms with E-state index in [1.54, 1.807) is 0 Å². The predicted molar refractivity (Wildman–Crippen MR) is 87.3 cm³/mol. The molecule has 0 heterocycles. The third-order valence-corrected chi connectivity index (χ3v) is 4.60. The van der Waals surface area contributed by atoms with Crippen LogP contribution in [0.5, 0.6) is 0 Å². The van der Waals surface area contributed by atoms with Crippen molar-refractivity contribution in [1.82, 2.24) is 5.32 Å². The molecular weight excluding hydrogens is 363 g/mol. The van der Waals surface area contributed by atoms with Crippen molar-refractivity contribution in [1.29, 1.82) is 5.26 Å². The summed E-state index contributed by atoms with van der Waals surface area (Å²) in [6.07, 6.45) is 7.11. The Kier molecular flexibility index (Phi) is 5.41. The summed E-state index contributed by atoms with van der Waals surface area (Å²) >= 11 is 2.21. The maximum Gasteiger partial charge on any atom is 0.252 e. The number of nitrogens with one attached hydrogen (secondary N) is 1. The van der Waals surface area contributed by atoms with E-state index >= 15 is 0 Å². The van der Waals surface area contributed by atoms with E-state index in [1.807, 2.05) is 24.3 Å². The zero-order valence-electron chi connectivity index (χ0n) is 11.5. The first kappa shape index (κ1) is 15.3. The Balaban J connectivity index is 2.10. The van der Waals surface area contributed by atoms with Crippen LogP contribution in [-0.4, -0.2) is 11.4 Å². The van der Waals surface area contributed by atoms with Crippen LogP contribution in [0.2, 0.25) is 0 Å². The van der Waals surface area contributed by atoms with Gasteiger partial charge < -0.3 is 5.32 Å². The molecule has 1 N–H and O–H groups in total. The van der Waals surface area contributed by atoms with Gasteiger partial charge in [0.25, 0.3) is 5.91 Å². The monoisotopic (exact) mass is 382 g/mol. The van der Waals surface area contributed by atoms with Gasteiger partial charge in [0.15, 0.2) is 0 Å². The lowest BCUT2D eigenvalue weighted by atomic mass is 9.85. The van der Waals surface area contributed by atoms with Crippen molar-refractivity contribution in [3.05, 3.63) is 33.4 Å². The lowest BCUT2D eigenvalue weighted by Crippen LogP contribution is -2.47. The Hall–Kier alpha value is -1.09. The number of carbonyl (C=O) groups is 1. The smallest absolute Gasteiger partial charge is 0.252 e. The molecule has 1 fully saturated rings. The second kappa shape index (κ2) is 7.07. The molecule has 0 spiro atoms. The van der Waals surface area contributed by atoms with Crippen LogP contribution in [0.25, 0.3) is 0 Å². The van der Waals surface area contributed by atoms with Gasteiger partial charge in [-0.2, -0.15) is 5.26 Å². The number of halogens is 1. The molecule has 1 aliphatic rings. The Morgan fingerprint density at radius 2 is 1.65 bits per heavy atom. The van der Waals surface area contributed by atoms with Gasteiger partial charge >= 0.3 is 0 Å². The van der Waals surface area contributed by atoms with E-state index in [9.17, 15) is 10.1 Å². The number of benzene rings is 1. The van der Waals surface area contributed by atoms with E-state index in [4.69, 9.17) is 0 Å². The summed E-state index contributed by atoms with van der Waals surface area (Å²) in [5.41, 5.74) is -0.0531. The minimum Gasteiger partial charge on any atom is -0.334 e. The average Bonchev–Trinajstić information content (AvgIpc) is 2.43. The molecule has 3 nitrogen and oxygen atoms in total. The third kappa shape index (κ3) is 3.95. The first-order valence-corrected chi connectivity index (χ1v) is 8.22. The predicted octanol–water partition coefficient (Wildman–Crippen LogP) is 4.03. The molecule has 20 heavy (non-hydrogen) atoms. The highest BCUT2D eigenvalue weighted by Gasteiger charge is 2.32. The van der Waals surface area contributed by atoms with Crippen LogP contribution in [0, 0.1) is 14.9 Å². The number of hydrogen-bond acceptors (Lipinski definition) is 2. The summed E-state index contributed by atoms with van der Waals surface area (Å²) in [5.74, 6) is -0.136. The SMILES string of the molecule is N#CC1(NC(=O)c2ccc(I)cc2)CCCCCCC1. The van der Waals surface area contributed by atoms with Crippen molar-refractivity contribution in [2.24, 2.45) is 0 Å². The van der Waals surface area contributed by atoms with Crippen molar-refractivity contribution >= 4 is 28.5 Å². The molecule has 0 aliphatic heterocycles. The van der Waals surface area contributed by atoms with Crippen molar-refractivity contribution in [3.63, 3.8) is 0 Å². The maximum absolute atomic E-state index is 12.3. The Morgan fingerprint density at radius 3 is 2.20 bits per heavy atom. The molecule has 1 amide bonds. The molecule has 0 atom stereocenters. The first-order chi connectivity index (χ1) is 9.65. The molecule has 0 radical (unpaired) electrons. The fourth-order valence-electron chi connectivity index (χ4n) is 2.66. The summed E-state index contributed by atoms with van der Waals surface area (Å²) < 4.78 is 1.10. The van der Waals surface area contributed by atoms with Crippen LogP contribution < -0.4 is 5.32 Å². The largest absolute Gasteiger partial charge is 0.334 e. The van der Waals surface area contributed by atoms with Crippen molar-refractivity contribution in [2.75, 3.05) is 0 Å². The molecule has 1 saturated carbocycles. The number of carbonyl (C=O) groups excluding carboxylic acids is 1. The van der Waals surface area contributed by atoms with Crippen molar-refractivity contribution < 1.29 is 4.79 Å². The van der Waals surface area contributed by atoms with Crippen LogP contribution >= 0.6 is 22.6 Å². The topological polar surface area (TPSA) is 52.9 Å². The van der Waals surface area contributed by atoms with Gasteiger partial charge in [0, 0.05) is 9.13 Å². The Bertz CT molecular complexity index is 496. The zero-order valence-corrected chi connectivity index (χ0v) is 13.7. The second-order valence-electron chi connectivity index (χ2n) is 5.42. The average molecular weight is 382 g/mol. The van der Waals surface area contributed by atoms with Gasteiger partial charge in [-0.25, -0.2) is 0 Å². The summed E-state index contributed by atoms with van der Waals surface area (Å²) in [6.45, 7) is 0. The molecule has 1 aliphatic carbocycles. The molecule has 106 valence electrons. The molecule has 2 rings (SSSR count). The van der Waals surface area contributed by atoms with E-state index in [2.05, 4.69) is 34.0 Å². The van der Waals surface area contributed by atoms with Gasteiger partial charge in [-0.15, -0.1) is 0 Å². The normalized spacial score (nSPS) is 18.4. The number of amides is 1. The molecule has 0 unspecified atom stereocenters. The second-order valence-corrected chi connectivity index (χ2v) is 6.67. The van der Waals surface area contributed by atoms with E-state index in [0.717, 1.165) is 42.1 Å². The maximum atomic E-state index is 12.3. The Morgan fingerprint density at radius 1 is 1.10 bits per heavy atom. The number of nitrogens with zero attached hydrogens (tertiary/aromatic N) is 1. The Labute approximate surface area is 133 Å². The van der Waals surface area contributed by atoms with Gasteiger partial charge in [-0.3, -0.25) is 4.79 Å². The summed E-state index contributed by atoms with van der Waals surface area (Å²) in [6, 6.07) is 9.80. The molecule has 0 bridgehead atoms. The molecule has 4 heteroatoms. The summed E-state index contributed by atoms with van der Waals surface area (Å²) in [4.78, 5) is 12.3. The van der Waals surface area contributed by atoms with Crippen LogP contribution in [0.4, 0.5) is 0 Å². The van der Waals surface area contributed by atoms with Crippen LogP contribution in [0.15, 0.2) is 24.3 Å².